The van der Waals surface area contributed by atoms with E-state index in [4.69, 9.17) is 0 Å². The molecule has 1 N–H and O–H groups in total. The average Bonchev–Trinajstić information content (AvgIpc) is 2.37. The number of carbonyl (C=O) groups excluding carboxylic acids is 1. The molecule has 0 radical (unpaired) electrons. The van der Waals surface area contributed by atoms with Crippen molar-refractivity contribution < 1.29 is 4.79 Å². The molecule has 0 saturated carbocycles. The highest BCUT2D eigenvalue weighted by atomic mass is 79.9. The predicted molar refractivity (Wildman–Crippen MR) is 61.1 cm³/mol. The van der Waals surface area contributed by atoms with Gasteiger partial charge in [-0.25, -0.2) is 0 Å². The summed E-state index contributed by atoms with van der Waals surface area (Å²) in [6.07, 6.45) is 1.39. The van der Waals surface area contributed by atoms with E-state index in [1.807, 2.05) is 6.92 Å². The summed E-state index contributed by atoms with van der Waals surface area (Å²) in [6.45, 7) is 1.97. The summed E-state index contributed by atoms with van der Waals surface area (Å²) in [5.41, 5.74) is 0. The number of hydrogen-bond acceptors (Lipinski definition) is 3. The van der Waals surface area contributed by atoms with Crippen LogP contribution in [0, 0.1) is 0 Å². The zero-order valence-electron chi connectivity index (χ0n) is 6.93. The number of nitrogens with zero attached hydrogens (tertiary/aromatic N) is 1. The first-order chi connectivity index (χ1) is 6.15. The van der Waals surface area contributed by atoms with E-state index in [9.17, 15) is 4.79 Å². The molecule has 0 bridgehead atoms. The van der Waals surface area contributed by atoms with Crippen molar-refractivity contribution in [1.82, 2.24) is 4.37 Å². The van der Waals surface area contributed by atoms with Gasteiger partial charge in [0.05, 0.1) is 4.47 Å². The van der Waals surface area contributed by atoms with Crippen LogP contribution >= 0.6 is 43.4 Å². The Morgan fingerprint density at radius 3 is 2.77 bits per heavy atom. The van der Waals surface area contributed by atoms with Crippen LogP contribution in [0.5, 0.6) is 0 Å². The van der Waals surface area contributed by atoms with Crippen molar-refractivity contribution in [3.05, 3.63) is 9.08 Å². The van der Waals surface area contributed by atoms with Gasteiger partial charge >= 0.3 is 0 Å². The molecule has 1 heterocycles. The summed E-state index contributed by atoms with van der Waals surface area (Å²) < 4.78 is 5.56. The van der Waals surface area contributed by atoms with Gasteiger partial charge in [0.1, 0.15) is 9.60 Å². The molecular formula is C7H8Br2N2OS. The van der Waals surface area contributed by atoms with Gasteiger partial charge in [-0.2, -0.15) is 4.37 Å². The third-order valence-corrected chi connectivity index (χ3v) is 4.47. The fraction of sp³-hybridized carbons (Fsp3) is 0.429. The summed E-state index contributed by atoms with van der Waals surface area (Å²) in [7, 11) is 0. The van der Waals surface area contributed by atoms with E-state index >= 15 is 0 Å². The van der Waals surface area contributed by atoms with Crippen LogP contribution < -0.4 is 5.32 Å². The summed E-state index contributed by atoms with van der Waals surface area (Å²) in [5, 5.41) is 3.53. The molecule has 0 aliphatic carbocycles. The number of anilines is 1. The number of aromatic nitrogens is 1. The van der Waals surface area contributed by atoms with Crippen LogP contribution in [-0.4, -0.2) is 10.3 Å². The van der Waals surface area contributed by atoms with E-state index < -0.39 is 0 Å². The second-order valence-corrected chi connectivity index (χ2v) is 4.73. The minimum Gasteiger partial charge on any atom is -0.315 e. The van der Waals surface area contributed by atoms with Gasteiger partial charge in [-0.05, 0) is 49.8 Å². The summed E-state index contributed by atoms with van der Waals surface area (Å²) in [5.74, 6) is 0.0272. The standard InChI is InChI=1S/C7H8Br2N2OS/c1-2-3-4(12)10-7-5(8)6(9)11-13-7/h2-3H2,1H3,(H,10,12). The number of hydrogen-bond donors (Lipinski definition) is 1. The first-order valence-corrected chi connectivity index (χ1v) is 6.11. The van der Waals surface area contributed by atoms with Crippen molar-refractivity contribution in [2.45, 2.75) is 19.8 Å². The van der Waals surface area contributed by atoms with E-state index in [0.717, 1.165) is 20.5 Å². The van der Waals surface area contributed by atoms with Gasteiger partial charge in [-0.1, -0.05) is 6.92 Å². The van der Waals surface area contributed by atoms with Crippen molar-refractivity contribution in [3.63, 3.8) is 0 Å². The SMILES string of the molecule is CCCC(=O)Nc1snc(Br)c1Br. The van der Waals surface area contributed by atoms with Crippen molar-refractivity contribution in [1.29, 1.82) is 0 Å². The maximum Gasteiger partial charge on any atom is 0.225 e. The molecule has 1 rings (SSSR count). The smallest absolute Gasteiger partial charge is 0.225 e. The maximum atomic E-state index is 11.2. The lowest BCUT2D eigenvalue weighted by Gasteiger charge is -1.99. The van der Waals surface area contributed by atoms with Gasteiger partial charge in [0.2, 0.25) is 5.91 Å². The number of rotatable bonds is 3. The first-order valence-electron chi connectivity index (χ1n) is 3.75. The first kappa shape index (κ1) is 11.1. The van der Waals surface area contributed by atoms with E-state index in [2.05, 4.69) is 41.6 Å². The number of halogens is 2. The Balaban J connectivity index is 2.64. The molecule has 13 heavy (non-hydrogen) atoms. The summed E-state index contributed by atoms with van der Waals surface area (Å²) in [4.78, 5) is 11.2. The lowest BCUT2D eigenvalue weighted by atomic mass is 10.3. The maximum absolute atomic E-state index is 11.2. The number of nitrogens with one attached hydrogen (secondary N) is 1. The molecule has 0 aromatic carbocycles. The number of carbonyl (C=O) groups is 1. The lowest BCUT2D eigenvalue weighted by Crippen LogP contribution is -2.09. The molecule has 1 aromatic rings. The summed E-state index contributed by atoms with van der Waals surface area (Å²) >= 11 is 7.82. The zero-order valence-corrected chi connectivity index (χ0v) is 10.9. The molecule has 1 amide bonds. The lowest BCUT2D eigenvalue weighted by molar-refractivity contribution is -0.116. The molecule has 1 aromatic heterocycles. The topological polar surface area (TPSA) is 42.0 Å². The Hall–Kier alpha value is 0.0600. The van der Waals surface area contributed by atoms with Gasteiger partial charge in [0.15, 0.2) is 0 Å². The molecule has 0 atom stereocenters. The van der Waals surface area contributed by atoms with Crippen molar-refractivity contribution >= 4 is 54.3 Å². The van der Waals surface area contributed by atoms with Crippen LogP contribution in [0.25, 0.3) is 0 Å². The van der Waals surface area contributed by atoms with Gasteiger partial charge in [0, 0.05) is 6.42 Å². The molecule has 3 nitrogen and oxygen atoms in total. The normalized spacial score (nSPS) is 10.1. The third kappa shape index (κ3) is 3.03. The van der Waals surface area contributed by atoms with Crippen LogP contribution in [0.4, 0.5) is 5.00 Å². The van der Waals surface area contributed by atoms with Crippen LogP contribution in [0.1, 0.15) is 19.8 Å². The minimum atomic E-state index is 0.0272. The molecule has 0 fully saturated rings. The Morgan fingerprint density at radius 2 is 2.31 bits per heavy atom. The number of amides is 1. The zero-order chi connectivity index (χ0) is 9.84. The second-order valence-electron chi connectivity index (χ2n) is 2.41. The van der Waals surface area contributed by atoms with Crippen molar-refractivity contribution in [3.8, 4) is 0 Å². The third-order valence-electron chi connectivity index (χ3n) is 1.33. The van der Waals surface area contributed by atoms with E-state index in [1.54, 1.807) is 0 Å². The van der Waals surface area contributed by atoms with Crippen LogP contribution in [0.15, 0.2) is 9.08 Å². The highest BCUT2D eigenvalue weighted by Crippen LogP contribution is 2.33. The second kappa shape index (κ2) is 5.07. The summed E-state index contributed by atoms with van der Waals surface area (Å²) in [6, 6.07) is 0. The average molecular weight is 328 g/mol. The highest BCUT2D eigenvalue weighted by molar-refractivity contribution is 9.13. The quantitative estimate of drug-likeness (QED) is 0.924. The molecule has 72 valence electrons. The Morgan fingerprint density at radius 1 is 1.62 bits per heavy atom. The van der Waals surface area contributed by atoms with E-state index in [-0.39, 0.29) is 5.91 Å². The Bertz CT molecular complexity index is 313. The predicted octanol–water partition coefficient (Wildman–Crippen LogP) is 3.41. The van der Waals surface area contributed by atoms with Gasteiger partial charge in [-0.15, -0.1) is 0 Å². The van der Waals surface area contributed by atoms with E-state index in [1.165, 1.54) is 11.5 Å². The van der Waals surface area contributed by atoms with Gasteiger partial charge in [-0.3, -0.25) is 4.79 Å². The van der Waals surface area contributed by atoms with Crippen LogP contribution in [0.3, 0.4) is 0 Å². The molecule has 0 aliphatic rings. The highest BCUT2D eigenvalue weighted by Gasteiger charge is 2.10. The van der Waals surface area contributed by atoms with Crippen molar-refractivity contribution in [2.75, 3.05) is 5.32 Å². The minimum absolute atomic E-state index is 0.0272. The largest absolute Gasteiger partial charge is 0.315 e. The van der Waals surface area contributed by atoms with Gasteiger partial charge < -0.3 is 5.32 Å². The molecular weight excluding hydrogens is 320 g/mol. The molecule has 0 saturated heterocycles. The monoisotopic (exact) mass is 326 g/mol. The Labute approximate surface area is 97.3 Å². The molecule has 6 heteroatoms. The fourth-order valence-corrected chi connectivity index (χ4v) is 2.42. The van der Waals surface area contributed by atoms with Crippen molar-refractivity contribution in [2.24, 2.45) is 0 Å². The van der Waals surface area contributed by atoms with Crippen LogP contribution in [-0.2, 0) is 4.79 Å². The fourth-order valence-electron chi connectivity index (χ4n) is 0.753. The molecule has 0 spiro atoms. The molecule has 0 aliphatic heterocycles. The van der Waals surface area contributed by atoms with Gasteiger partial charge in [0.25, 0.3) is 0 Å². The van der Waals surface area contributed by atoms with Crippen LogP contribution in [0.2, 0.25) is 0 Å². The van der Waals surface area contributed by atoms with E-state index in [0.29, 0.717) is 6.42 Å². The Kier molecular flexibility index (Phi) is 4.34. The molecule has 0 unspecified atom stereocenters.